The van der Waals surface area contributed by atoms with Crippen molar-refractivity contribution in [2.45, 2.75) is 26.2 Å². The maximum Gasteiger partial charge on any atom is 0.0897 e. The van der Waals surface area contributed by atoms with Gasteiger partial charge in [0.15, 0.2) is 0 Å². The van der Waals surface area contributed by atoms with E-state index < -0.39 is 0 Å². The Morgan fingerprint density at radius 2 is 2.14 bits per heavy atom. The Hall–Kier alpha value is -1.81. The lowest BCUT2D eigenvalue weighted by Crippen LogP contribution is -2.23. The molecule has 0 nitrogen and oxygen atoms in total. The van der Waals surface area contributed by atoms with E-state index in [1.54, 1.807) is 0 Å². The number of rotatable bonds is 6. The van der Waals surface area contributed by atoms with Crippen molar-refractivity contribution >= 4 is 0 Å². The quantitative estimate of drug-likeness (QED) is 0.647. The average molecular weight is 282 g/mol. The first-order valence-corrected chi connectivity index (χ1v) is 7.70. The highest BCUT2D eigenvalue weighted by Gasteiger charge is 2.24. The zero-order valence-corrected chi connectivity index (χ0v) is 12.6. The standard InChI is InChI=1S/C20H23F/c1-3-17-9-7-8-12-20(17)15-19(13-14-21)16(2)18-10-5-4-6-11-18/h1,4-10,12,16,18-19H,11,13-15H2,2H3/t16?,18-,19+/m1/s1. The molecule has 1 unspecified atom stereocenters. The Morgan fingerprint density at radius 3 is 2.81 bits per heavy atom. The number of allylic oxidation sites excluding steroid dienone is 4. The molecule has 1 aromatic rings. The van der Waals surface area contributed by atoms with Crippen LogP contribution in [0.1, 0.15) is 30.9 Å². The summed E-state index contributed by atoms with van der Waals surface area (Å²) in [6.45, 7) is 1.98. The maximum absolute atomic E-state index is 13.0. The van der Waals surface area contributed by atoms with Gasteiger partial charge in [-0.05, 0) is 48.6 Å². The second kappa shape index (κ2) is 7.84. The zero-order chi connectivity index (χ0) is 15.1. The summed E-state index contributed by atoms with van der Waals surface area (Å²) in [4.78, 5) is 0. The van der Waals surface area contributed by atoms with Crippen LogP contribution in [0.3, 0.4) is 0 Å². The fourth-order valence-corrected chi connectivity index (χ4v) is 3.15. The van der Waals surface area contributed by atoms with E-state index in [0.29, 0.717) is 24.2 Å². The van der Waals surface area contributed by atoms with Crippen LogP contribution in [0.5, 0.6) is 0 Å². The molecular weight excluding hydrogens is 259 g/mol. The molecule has 21 heavy (non-hydrogen) atoms. The minimum atomic E-state index is -0.264. The van der Waals surface area contributed by atoms with Crippen LogP contribution in [0.2, 0.25) is 0 Å². The monoisotopic (exact) mass is 282 g/mol. The van der Waals surface area contributed by atoms with E-state index in [9.17, 15) is 4.39 Å². The summed E-state index contributed by atoms with van der Waals surface area (Å²) in [5.41, 5.74) is 2.10. The molecule has 2 rings (SSSR count). The molecule has 0 amide bonds. The van der Waals surface area contributed by atoms with Crippen molar-refractivity contribution in [3.63, 3.8) is 0 Å². The SMILES string of the molecule is C#Cc1ccccc1C[C@H](CCF)C(C)[C@@H]1C=CC=CC1. The summed E-state index contributed by atoms with van der Waals surface area (Å²) in [6, 6.07) is 8.01. The minimum absolute atomic E-state index is 0.264. The van der Waals surface area contributed by atoms with Crippen molar-refractivity contribution in [3.05, 3.63) is 59.7 Å². The molecular formula is C20H23F. The second-order valence-corrected chi connectivity index (χ2v) is 5.82. The lowest BCUT2D eigenvalue weighted by Gasteiger charge is -2.30. The highest BCUT2D eigenvalue weighted by molar-refractivity contribution is 5.40. The molecule has 0 aliphatic heterocycles. The van der Waals surface area contributed by atoms with E-state index in [-0.39, 0.29) is 6.67 Å². The van der Waals surface area contributed by atoms with Crippen molar-refractivity contribution in [1.29, 1.82) is 0 Å². The van der Waals surface area contributed by atoms with Gasteiger partial charge < -0.3 is 0 Å². The molecule has 0 fully saturated rings. The third-order valence-electron chi connectivity index (χ3n) is 4.57. The van der Waals surface area contributed by atoms with Gasteiger partial charge in [0.1, 0.15) is 0 Å². The molecule has 1 aliphatic carbocycles. The molecule has 0 saturated carbocycles. The normalized spacial score (nSPS) is 20.0. The van der Waals surface area contributed by atoms with Gasteiger partial charge in [-0.3, -0.25) is 4.39 Å². The van der Waals surface area contributed by atoms with E-state index in [4.69, 9.17) is 6.42 Å². The number of alkyl halides is 1. The molecule has 0 radical (unpaired) electrons. The number of hydrogen-bond acceptors (Lipinski definition) is 0. The Labute approximate surface area is 127 Å². The summed E-state index contributed by atoms with van der Waals surface area (Å²) in [7, 11) is 0. The van der Waals surface area contributed by atoms with Gasteiger partial charge in [0.2, 0.25) is 0 Å². The fraction of sp³-hybridized carbons (Fsp3) is 0.400. The van der Waals surface area contributed by atoms with Crippen LogP contribution in [0, 0.1) is 30.1 Å². The molecule has 1 aliphatic rings. The predicted molar refractivity (Wildman–Crippen MR) is 87.7 cm³/mol. The predicted octanol–water partition coefficient (Wildman–Crippen LogP) is 4.95. The maximum atomic E-state index is 13.0. The third-order valence-corrected chi connectivity index (χ3v) is 4.57. The lowest BCUT2D eigenvalue weighted by atomic mass is 9.75. The molecule has 0 spiro atoms. The Morgan fingerprint density at radius 1 is 1.33 bits per heavy atom. The molecule has 0 saturated heterocycles. The van der Waals surface area contributed by atoms with Crippen LogP contribution in [-0.2, 0) is 6.42 Å². The van der Waals surface area contributed by atoms with Crippen LogP contribution in [0.25, 0.3) is 0 Å². The van der Waals surface area contributed by atoms with E-state index >= 15 is 0 Å². The van der Waals surface area contributed by atoms with Crippen LogP contribution < -0.4 is 0 Å². The van der Waals surface area contributed by atoms with E-state index in [1.807, 2.05) is 18.2 Å². The average Bonchev–Trinajstić information content (AvgIpc) is 2.55. The highest BCUT2D eigenvalue weighted by atomic mass is 19.1. The molecule has 0 N–H and O–H groups in total. The largest absolute Gasteiger partial charge is 0.251 e. The first kappa shape index (κ1) is 15.6. The van der Waals surface area contributed by atoms with Gasteiger partial charge in [0.05, 0.1) is 6.67 Å². The van der Waals surface area contributed by atoms with Crippen LogP contribution in [0.4, 0.5) is 4.39 Å². The van der Waals surface area contributed by atoms with E-state index in [1.165, 1.54) is 5.56 Å². The molecule has 1 aromatic carbocycles. The van der Waals surface area contributed by atoms with E-state index in [0.717, 1.165) is 18.4 Å². The summed E-state index contributed by atoms with van der Waals surface area (Å²) in [5.74, 6) is 4.02. The molecule has 1 heteroatoms. The van der Waals surface area contributed by atoms with Crippen LogP contribution in [0.15, 0.2) is 48.6 Å². The van der Waals surface area contributed by atoms with Gasteiger partial charge in [-0.15, -0.1) is 6.42 Å². The Balaban J connectivity index is 2.13. The zero-order valence-electron chi connectivity index (χ0n) is 12.6. The van der Waals surface area contributed by atoms with Gasteiger partial charge in [0.25, 0.3) is 0 Å². The number of benzene rings is 1. The highest BCUT2D eigenvalue weighted by Crippen LogP contribution is 2.32. The summed E-state index contributed by atoms with van der Waals surface area (Å²) >= 11 is 0. The topological polar surface area (TPSA) is 0 Å². The number of terminal acetylenes is 1. The summed E-state index contributed by atoms with van der Waals surface area (Å²) in [5, 5.41) is 0. The first-order chi connectivity index (χ1) is 10.3. The molecule has 110 valence electrons. The van der Waals surface area contributed by atoms with Crippen LogP contribution in [-0.4, -0.2) is 6.67 Å². The number of hydrogen-bond donors (Lipinski definition) is 0. The third kappa shape index (κ3) is 4.08. The first-order valence-electron chi connectivity index (χ1n) is 7.70. The fourth-order valence-electron chi connectivity index (χ4n) is 3.15. The van der Waals surface area contributed by atoms with Crippen molar-refractivity contribution in [3.8, 4) is 12.3 Å². The van der Waals surface area contributed by atoms with Gasteiger partial charge in [-0.1, -0.05) is 55.3 Å². The summed E-state index contributed by atoms with van der Waals surface area (Å²) < 4.78 is 13.0. The number of halogens is 1. The van der Waals surface area contributed by atoms with Crippen molar-refractivity contribution < 1.29 is 4.39 Å². The van der Waals surface area contributed by atoms with Crippen molar-refractivity contribution in [2.75, 3.05) is 6.67 Å². The smallest absolute Gasteiger partial charge is 0.0897 e. The summed E-state index contributed by atoms with van der Waals surface area (Å²) in [6.07, 6.45) is 16.7. The molecule has 0 heterocycles. The molecule has 3 atom stereocenters. The minimum Gasteiger partial charge on any atom is -0.251 e. The van der Waals surface area contributed by atoms with Gasteiger partial charge >= 0.3 is 0 Å². The van der Waals surface area contributed by atoms with Crippen LogP contribution >= 0.6 is 0 Å². The van der Waals surface area contributed by atoms with Crippen molar-refractivity contribution in [1.82, 2.24) is 0 Å². The lowest BCUT2D eigenvalue weighted by molar-refractivity contribution is 0.246. The van der Waals surface area contributed by atoms with Gasteiger partial charge in [-0.2, -0.15) is 0 Å². The van der Waals surface area contributed by atoms with Crippen molar-refractivity contribution in [2.24, 2.45) is 17.8 Å². The molecule has 0 aromatic heterocycles. The van der Waals surface area contributed by atoms with Gasteiger partial charge in [-0.25, -0.2) is 0 Å². The Kier molecular flexibility index (Phi) is 5.81. The molecule has 0 bridgehead atoms. The second-order valence-electron chi connectivity index (χ2n) is 5.82. The van der Waals surface area contributed by atoms with Gasteiger partial charge in [0, 0.05) is 5.56 Å². The van der Waals surface area contributed by atoms with E-state index in [2.05, 4.69) is 43.2 Å². The Bertz CT molecular complexity index is 547.